The number of rotatable bonds is 0. The minimum Gasteiger partial charge on any atom is -0.370 e. The predicted molar refractivity (Wildman–Crippen MR) is 87.9 cm³/mol. The van der Waals surface area contributed by atoms with Crippen LogP contribution in [0.5, 0.6) is 0 Å². The Morgan fingerprint density at radius 2 is 0.737 bits per heavy atom. The fraction of sp³-hybridized carbons (Fsp3) is 1.00. The first kappa shape index (κ1) is 21.2. The predicted octanol–water partition coefficient (Wildman–Crippen LogP) is 5.12. The molecule has 0 spiro atoms. The lowest BCUT2D eigenvalue weighted by Gasteiger charge is -2.42. The molecule has 0 aromatic carbocycles. The first-order chi connectivity index (χ1) is 7.86. The summed E-state index contributed by atoms with van der Waals surface area (Å²) in [4.78, 5) is 2.38. The Balaban J connectivity index is 0. The van der Waals surface area contributed by atoms with Crippen LogP contribution >= 0.6 is 0 Å². The van der Waals surface area contributed by atoms with Crippen molar-refractivity contribution in [2.45, 2.75) is 105 Å². The average Bonchev–Trinajstić information content (AvgIpc) is 1.92. The summed E-state index contributed by atoms with van der Waals surface area (Å²) >= 11 is 0. The molecular weight excluding hydrogens is 234 g/mol. The molecule has 2 heteroatoms. The molecule has 0 aromatic rings. The van der Waals surface area contributed by atoms with E-state index >= 15 is 0 Å². The van der Waals surface area contributed by atoms with Crippen molar-refractivity contribution in [2.75, 3.05) is 7.05 Å². The molecule has 0 rings (SSSR count). The lowest BCUT2D eigenvalue weighted by molar-refractivity contribution is -0.102. The van der Waals surface area contributed by atoms with Gasteiger partial charge in [-0.15, -0.1) is 0 Å². The van der Waals surface area contributed by atoms with Gasteiger partial charge >= 0.3 is 0 Å². The van der Waals surface area contributed by atoms with Gasteiger partial charge in [-0.2, -0.15) is 0 Å². The van der Waals surface area contributed by atoms with Crippen molar-refractivity contribution in [3.05, 3.63) is 0 Å². The summed E-state index contributed by atoms with van der Waals surface area (Å²) in [6, 6.07) is 0. The Morgan fingerprint density at radius 3 is 0.737 bits per heavy atom. The van der Waals surface area contributed by atoms with Crippen molar-refractivity contribution >= 4 is 0 Å². The zero-order valence-electron chi connectivity index (χ0n) is 15.9. The fourth-order valence-electron chi connectivity index (χ4n) is 1.92. The third kappa shape index (κ3) is 14.1. The minimum atomic E-state index is -0.0156. The average molecular weight is 274 g/mol. The van der Waals surface area contributed by atoms with Crippen LogP contribution in [0.4, 0.5) is 0 Å². The fourth-order valence-corrected chi connectivity index (χ4v) is 1.92. The third-order valence-corrected chi connectivity index (χ3v) is 2.62. The van der Waals surface area contributed by atoms with Gasteiger partial charge in [0.1, 0.15) is 0 Å². The van der Waals surface area contributed by atoms with Crippen molar-refractivity contribution < 1.29 is 4.74 Å². The molecule has 0 aliphatic carbocycles. The standard InChI is InChI=1S/C9H21N.C8H18O/c1-8(2,3)10(7)9(4,5)6;1-7(2,3)9-8(4,5)6/h1-7H3;1-6H3. The molecular formula is C17H39NO. The zero-order chi connectivity index (χ0) is 16.3. The molecule has 0 radical (unpaired) electrons. The van der Waals surface area contributed by atoms with Gasteiger partial charge in [-0.3, -0.25) is 4.90 Å². The van der Waals surface area contributed by atoms with E-state index in [0.29, 0.717) is 0 Å². The number of hydrogen-bond acceptors (Lipinski definition) is 2. The van der Waals surface area contributed by atoms with Gasteiger partial charge in [0.2, 0.25) is 0 Å². The second-order valence-electron chi connectivity index (χ2n) is 9.23. The molecule has 19 heavy (non-hydrogen) atoms. The summed E-state index contributed by atoms with van der Waals surface area (Å²) in [5.74, 6) is 0. The lowest BCUT2D eigenvalue weighted by atomic mass is 9.98. The molecule has 0 unspecified atom stereocenters. The maximum atomic E-state index is 5.62. The molecule has 0 bridgehead atoms. The van der Waals surface area contributed by atoms with Gasteiger partial charge in [0, 0.05) is 11.1 Å². The molecule has 0 saturated heterocycles. The first-order valence-electron chi connectivity index (χ1n) is 7.30. The largest absolute Gasteiger partial charge is 0.370 e. The van der Waals surface area contributed by atoms with Gasteiger partial charge in [0.05, 0.1) is 11.2 Å². The van der Waals surface area contributed by atoms with Crippen molar-refractivity contribution in [3.8, 4) is 0 Å². The van der Waals surface area contributed by atoms with E-state index in [-0.39, 0.29) is 22.3 Å². The van der Waals surface area contributed by atoms with Crippen LogP contribution in [0.15, 0.2) is 0 Å². The Morgan fingerprint density at radius 1 is 0.526 bits per heavy atom. The molecule has 0 amide bonds. The SMILES string of the molecule is CC(C)(C)OC(C)(C)C.CN(C(C)(C)C)C(C)(C)C. The van der Waals surface area contributed by atoms with E-state index in [1.807, 2.05) is 0 Å². The maximum absolute atomic E-state index is 5.62. The highest BCUT2D eigenvalue weighted by Crippen LogP contribution is 2.21. The van der Waals surface area contributed by atoms with Crippen LogP contribution < -0.4 is 0 Å². The smallest absolute Gasteiger partial charge is 0.0605 e. The normalized spacial score (nSPS) is 14.2. The summed E-state index contributed by atoms with van der Waals surface area (Å²) < 4.78 is 5.62. The van der Waals surface area contributed by atoms with E-state index < -0.39 is 0 Å². The van der Waals surface area contributed by atoms with Crippen molar-refractivity contribution in [2.24, 2.45) is 0 Å². The van der Waals surface area contributed by atoms with Gasteiger partial charge in [-0.05, 0) is 90.1 Å². The molecule has 0 N–H and O–H groups in total. The van der Waals surface area contributed by atoms with E-state index in [0.717, 1.165) is 0 Å². The van der Waals surface area contributed by atoms with E-state index in [4.69, 9.17) is 4.74 Å². The highest BCUT2D eigenvalue weighted by molar-refractivity contribution is 4.83. The number of ether oxygens (including phenoxy) is 1. The lowest BCUT2D eigenvalue weighted by Crippen LogP contribution is -2.49. The molecule has 0 aliphatic rings. The quantitative estimate of drug-likeness (QED) is 0.607. The topological polar surface area (TPSA) is 12.5 Å². The highest BCUT2D eigenvalue weighted by Gasteiger charge is 2.27. The summed E-state index contributed by atoms with van der Waals surface area (Å²) in [6.07, 6.45) is 0. The van der Waals surface area contributed by atoms with Crippen molar-refractivity contribution in [3.63, 3.8) is 0 Å². The molecule has 118 valence electrons. The Hall–Kier alpha value is -0.0800. The van der Waals surface area contributed by atoms with Crippen LogP contribution in [0.1, 0.15) is 83.1 Å². The van der Waals surface area contributed by atoms with E-state index in [1.165, 1.54) is 0 Å². The maximum Gasteiger partial charge on any atom is 0.0605 e. The molecule has 0 aliphatic heterocycles. The van der Waals surface area contributed by atoms with Gasteiger partial charge in [-0.25, -0.2) is 0 Å². The molecule has 0 atom stereocenters. The third-order valence-electron chi connectivity index (χ3n) is 2.62. The Bertz CT molecular complexity index is 216. The van der Waals surface area contributed by atoms with Crippen LogP contribution in [0.25, 0.3) is 0 Å². The second-order valence-corrected chi connectivity index (χ2v) is 9.23. The molecule has 0 fully saturated rings. The van der Waals surface area contributed by atoms with Gasteiger partial charge in [0.15, 0.2) is 0 Å². The molecule has 2 nitrogen and oxygen atoms in total. The number of nitrogens with zero attached hydrogens (tertiary/aromatic N) is 1. The van der Waals surface area contributed by atoms with Crippen LogP contribution in [-0.4, -0.2) is 34.2 Å². The van der Waals surface area contributed by atoms with E-state index in [1.54, 1.807) is 0 Å². The number of hydrogen-bond donors (Lipinski definition) is 0. The summed E-state index contributed by atoms with van der Waals surface area (Å²) in [5, 5.41) is 0. The van der Waals surface area contributed by atoms with Gasteiger partial charge in [0.25, 0.3) is 0 Å². The molecule has 0 heterocycles. The van der Waals surface area contributed by atoms with E-state index in [2.05, 4.69) is 95.0 Å². The summed E-state index contributed by atoms with van der Waals surface area (Å²) in [6.45, 7) is 25.8. The van der Waals surface area contributed by atoms with Crippen LogP contribution in [0, 0.1) is 0 Å². The first-order valence-corrected chi connectivity index (χ1v) is 7.30. The second kappa shape index (κ2) is 6.58. The van der Waals surface area contributed by atoms with E-state index in [9.17, 15) is 0 Å². The molecule has 0 saturated carbocycles. The van der Waals surface area contributed by atoms with Crippen molar-refractivity contribution in [1.82, 2.24) is 4.90 Å². The zero-order valence-corrected chi connectivity index (χ0v) is 15.9. The summed E-state index contributed by atoms with van der Waals surface area (Å²) in [7, 11) is 2.17. The highest BCUT2D eigenvalue weighted by atomic mass is 16.5. The van der Waals surface area contributed by atoms with Crippen molar-refractivity contribution in [1.29, 1.82) is 0 Å². The van der Waals surface area contributed by atoms with Crippen LogP contribution in [-0.2, 0) is 4.74 Å². The monoisotopic (exact) mass is 273 g/mol. The molecule has 0 aromatic heterocycles. The van der Waals surface area contributed by atoms with Gasteiger partial charge in [-0.1, -0.05) is 0 Å². The van der Waals surface area contributed by atoms with Gasteiger partial charge < -0.3 is 4.74 Å². The minimum absolute atomic E-state index is 0.0156. The van der Waals surface area contributed by atoms with Crippen LogP contribution in [0.2, 0.25) is 0 Å². The Labute approximate surface area is 122 Å². The van der Waals surface area contributed by atoms with Crippen LogP contribution in [0.3, 0.4) is 0 Å². The Kier molecular flexibility index (Phi) is 7.35. The summed E-state index contributed by atoms with van der Waals surface area (Å²) in [5.41, 5.74) is 0.521.